The van der Waals surface area contributed by atoms with Crippen molar-refractivity contribution in [3.05, 3.63) is 95.1 Å². The average Bonchev–Trinajstić information content (AvgIpc) is 2.99. The monoisotopic (exact) mass is 415 g/mol. The van der Waals surface area contributed by atoms with Gasteiger partial charge in [-0.2, -0.15) is 0 Å². The number of nitrogens with one attached hydrogen (secondary N) is 2. The van der Waals surface area contributed by atoms with E-state index in [9.17, 15) is 14.4 Å². The van der Waals surface area contributed by atoms with Gasteiger partial charge in [-0.05, 0) is 61.1 Å². The third-order valence-electron chi connectivity index (χ3n) is 4.77. The first kappa shape index (κ1) is 19.5. The lowest BCUT2D eigenvalue weighted by molar-refractivity contribution is 0.0923. The van der Waals surface area contributed by atoms with Gasteiger partial charge in [0.15, 0.2) is 5.11 Å². The second kappa shape index (κ2) is 7.88. The fourth-order valence-corrected chi connectivity index (χ4v) is 3.52. The molecule has 0 aliphatic carbocycles. The smallest absolute Gasteiger partial charge is 0.266 e. The van der Waals surface area contributed by atoms with Crippen LogP contribution in [0.5, 0.6) is 0 Å². The fourth-order valence-electron chi connectivity index (χ4n) is 3.31. The molecule has 0 spiro atoms. The van der Waals surface area contributed by atoms with Crippen LogP contribution >= 0.6 is 12.2 Å². The van der Waals surface area contributed by atoms with Crippen LogP contribution in [-0.4, -0.2) is 22.8 Å². The number of hydrogen-bond donors (Lipinski definition) is 2. The molecule has 0 saturated carbocycles. The molecule has 30 heavy (non-hydrogen) atoms. The minimum atomic E-state index is -0.372. The number of aryl methyl sites for hydroxylation is 1. The lowest BCUT2D eigenvalue weighted by atomic mass is 10.1. The van der Waals surface area contributed by atoms with Gasteiger partial charge in [-0.1, -0.05) is 36.4 Å². The number of hydrogen-bond acceptors (Lipinski definition) is 4. The zero-order chi connectivity index (χ0) is 21.3. The van der Waals surface area contributed by atoms with Crippen molar-refractivity contribution >= 4 is 46.4 Å². The number of anilines is 2. The summed E-state index contributed by atoms with van der Waals surface area (Å²) in [4.78, 5) is 38.9. The third-order valence-corrected chi connectivity index (χ3v) is 4.98. The van der Waals surface area contributed by atoms with E-state index in [1.54, 1.807) is 60.7 Å². The zero-order valence-electron chi connectivity index (χ0n) is 16.0. The molecule has 3 aromatic carbocycles. The Morgan fingerprint density at radius 1 is 0.867 bits per heavy atom. The van der Waals surface area contributed by atoms with Gasteiger partial charge in [0, 0.05) is 11.3 Å². The number of imide groups is 1. The van der Waals surface area contributed by atoms with Crippen LogP contribution < -0.4 is 15.5 Å². The van der Waals surface area contributed by atoms with Gasteiger partial charge >= 0.3 is 0 Å². The van der Waals surface area contributed by atoms with Crippen LogP contribution in [0.3, 0.4) is 0 Å². The summed E-state index contributed by atoms with van der Waals surface area (Å²) in [5.41, 5.74) is 3.08. The Kier molecular flexibility index (Phi) is 5.12. The molecule has 1 aliphatic heterocycles. The van der Waals surface area contributed by atoms with Crippen molar-refractivity contribution < 1.29 is 14.4 Å². The zero-order valence-corrected chi connectivity index (χ0v) is 16.8. The molecule has 0 fully saturated rings. The van der Waals surface area contributed by atoms with Crippen LogP contribution in [0.2, 0.25) is 0 Å². The Labute approximate surface area is 178 Å². The topological polar surface area (TPSA) is 78.5 Å². The first-order chi connectivity index (χ1) is 14.5. The summed E-state index contributed by atoms with van der Waals surface area (Å²) in [5.74, 6) is -1.06. The number of rotatable bonds is 3. The van der Waals surface area contributed by atoms with Gasteiger partial charge in [0.2, 0.25) is 0 Å². The van der Waals surface area contributed by atoms with E-state index in [1.807, 2.05) is 19.1 Å². The van der Waals surface area contributed by atoms with E-state index in [2.05, 4.69) is 10.6 Å². The molecule has 1 aliphatic rings. The summed E-state index contributed by atoms with van der Waals surface area (Å²) in [5, 5.41) is 5.68. The molecule has 3 amide bonds. The van der Waals surface area contributed by atoms with Crippen molar-refractivity contribution in [1.29, 1.82) is 0 Å². The van der Waals surface area contributed by atoms with Crippen molar-refractivity contribution in [2.24, 2.45) is 0 Å². The number of carbonyl (C=O) groups excluding carboxylic acids is 3. The van der Waals surface area contributed by atoms with Crippen molar-refractivity contribution in [2.75, 3.05) is 10.2 Å². The van der Waals surface area contributed by atoms with Gasteiger partial charge in [0.25, 0.3) is 17.7 Å². The van der Waals surface area contributed by atoms with Crippen molar-refractivity contribution in [2.45, 2.75) is 6.92 Å². The maximum atomic E-state index is 12.7. The molecule has 148 valence electrons. The minimum Gasteiger partial charge on any atom is -0.332 e. The predicted octanol–water partition coefficient (Wildman–Crippen LogP) is 3.92. The molecule has 7 heteroatoms. The molecule has 2 N–H and O–H groups in total. The van der Waals surface area contributed by atoms with E-state index in [1.165, 1.54) is 0 Å². The minimum absolute atomic E-state index is 0.114. The Balaban J connectivity index is 1.50. The number of benzene rings is 3. The predicted molar refractivity (Wildman–Crippen MR) is 119 cm³/mol. The molecule has 6 nitrogen and oxygen atoms in total. The molecule has 4 rings (SSSR count). The number of fused-ring (bicyclic) bond motifs is 1. The van der Waals surface area contributed by atoms with E-state index in [4.69, 9.17) is 12.2 Å². The summed E-state index contributed by atoms with van der Waals surface area (Å²) < 4.78 is 0. The van der Waals surface area contributed by atoms with Gasteiger partial charge in [-0.25, -0.2) is 4.90 Å². The Morgan fingerprint density at radius 3 is 2.17 bits per heavy atom. The number of thiocarbonyl (C=S) groups is 1. The largest absolute Gasteiger partial charge is 0.332 e. The molecule has 1 heterocycles. The van der Waals surface area contributed by atoms with Crippen LogP contribution in [-0.2, 0) is 0 Å². The molecule has 0 atom stereocenters. The molecular weight excluding hydrogens is 398 g/mol. The number of amides is 3. The highest BCUT2D eigenvalue weighted by molar-refractivity contribution is 7.80. The quantitative estimate of drug-likeness (QED) is 0.501. The molecule has 0 bridgehead atoms. The summed E-state index contributed by atoms with van der Waals surface area (Å²) in [6.45, 7) is 1.84. The van der Waals surface area contributed by atoms with Crippen LogP contribution in [0.25, 0.3) is 0 Å². The normalized spacial score (nSPS) is 12.5. The second-order valence-electron chi connectivity index (χ2n) is 6.76. The van der Waals surface area contributed by atoms with E-state index in [-0.39, 0.29) is 22.8 Å². The number of carbonyl (C=O) groups is 3. The Hall–Kier alpha value is -3.84. The Morgan fingerprint density at radius 2 is 1.50 bits per heavy atom. The molecule has 0 aromatic heterocycles. The molecule has 0 saturated heterocycles. The van der Waals surface area contributed by atoms with Crippen LogP contribution in [0, 0.1) is 6.92 Å². The molecular formula is C23H17N3O3S. The van der Waals surface area contributed by atoms with Crippen LogP contribution in [0.1, 0.15) is 36.6 Å². The molecule has 3 aromatic rings. The highest BCUT2D eigenvalue weighted by atomic mass is 32.1. The lowest BCUT2D eigenvalue weighted by Gasteiger charge is -2.16. The first-order valence-electron chi connectivity index (χ1n) is 9.21. The average molecular weight is 415 g/mol. The maximum Gasteiger partial charge on any atom is 0.266 e. The van der Waals surface area contributed by atoms with Gasteiger partial charge < -0.3 is 5.32 Å². The standard InChI is InChI=1S/C23H17N3O3S/c1-14-7-2-3-10-17(14)20(27)25-23(30)24-15-8-6-9-16(13-15)26-21(28)18-11-4-5-12-19(18)22(26)29/h2-13H,1H3,(H2,24,25,27,30). The summed E-state index contributed by atoms with van der Waals surface area (Å²) in [7, 11) is 0. The summed E-state index contributed by atoms with van der Waals surface area (Å²) >= 11 is 5.25. The van der Waals surface area contributed by atoms with Gasteiger partial charge in [-0.15, -0.1) is 0 Å². The first-order valence-corrected chi connectivity index (χ1v) is 9.62. The van der Waals surface area contributed by atoms with E-state index < -0.39 is 0 Å². The van der Waals surface area contributed by atoms with Crippen molar-refractivity contribution in [3.63, 3.8) is 0 Å². The maximum absolute atomic E-state index is 12.7. The van der Waals surface area contributed by atoms with Gasteiger partial charge in [0.1, 0.15) is 0 Å². The van der Waals surface area contributed by atoms with E-state index >= 15 is 0 Å². The second-order valence-corrected chi connectivity index (χ2v) is 7.17. The lowest BCUT2D eigenvalue weighted by Crippen LogP contribution is -2.34. The van der Waals surface area contributed by atoms with Gasteiger partial charge in [0.05, 0.1) is 16.8 Å². The van der Waals surface area contributed by atoms with Crippen molar-refractivity contribution in [3.8, 4) is 0 Å². The van der Waals surface area contributed by atoms with Gasteiger partial charge in [-0.3, -0.25) is 19.7 Å². The third kappa shape index (κ3) is 3.58. The molecule has 0 radical (unpaired) electrons. The Bertz CT molecular complexity index is 1170. The SMILES string of the molecule is Cc1ccccc1C(=O)NC(=S)Nc1cccc(N2C(=O)c3ccccc3C2=O)c1. The summed E-state index contributed by atoms with van der Waals surface area (Å²) in [6, 6.07) is 20.6. The highest BCUT2D eigenvalue weighted by Crippen LogP contribution is 2.29. The van der Waals surface area contributed by atoms with Crippen LogP contribution in [0.4, 0.5) is 11.4 Å². The van der Waals surface area contributed by atoms with E-state index in [0.717, 1.165) is 10.5 Å². The van der Waals surface area contributed by atoms with E-state index in [0.29, 0.717) is 28.1 Å². The summed E-state index contributed by atoms with van der Waals surface area (Å²) in [6.07, 6.45) is 0. The highest BCUT2D eigenvalue weighted by Gasteiger charge is 2.36. The van der Waals surface area contributed by atoms with Crippen molar-refractivity contribution in [1.82, 2.24) is 5.32 Å². The fraction of sp³-hybridized carbons (Fsp3) is 0.0435. The molecule has 0 unspecified atom stereocenters. The number of nitrogens with zero attached hydrogens (tertiary/aromatic N) is 1. The van der Waals surface area contributed by atoms with Crippen LogP contribution in [0.15, 0.2) is 72.8 Å².